The Bertz CT molecular complexity index is 1290. The van der Waals surface area contributed by atoms with Gasteiger partial charge in [-0.05, 0) is 50.8 Å². The molecule has 2 aromatic heterocycles. The molecule has 1 aliphatic carbocycles. The van der Waals surface area contributed by atoms with Crippen molar-refractivity contribution in [3.8, 4) is 5.69 Å². The van der Waals surface area contributed by atoms with E-state index in [-0.39, 0.29) is 5.56 Å². The van der Waals surface area contributed by atoms with Crippen LogP contribution in [-0.2, 0) is 6.54 Å². The monoisotopic (exact) mass is 384 g/mol. The van der Waals surface area contributed by atoms with Crippen molar-refractivity contribution >= 4 is 10.9 Å². The third-order valence-electron chi connectivity index (χ3n) is 5.67. The second kappa shape index (κ2) is 6.69. The lowest BCUT2D eigenvalue weighted by atomic mass is 10.1. The summed E-state index contributed by atoms with van der Waals surface area (Å²) in [6.45, 7) is 6.66. The minimum atomic E-state index is -0.0941. The van der Waals surface area contributed by atoms with Crippen LogP contribution in [0.2, 0.25) is 0 Å². The fourth-order valence-corrected chi connectivity index (χ4v) is 4.07. The molecule has 4 aromatic rings. The molecule has 5 nitrogen and oxygen atoms in total. The molecule has 5 rings (SSSR count). The number of nitrogens with zero attached hydrogens (tertiary/aromatic N) is 4. The van der Waals surface area contributed by atoms with Crippen LogP contribution in [0.1, 0.15) is 46.7 Å². The first-order chi connectivity index (χ1) is 14.0. The molecule has 0 unspecified atom stereocenters. The fourth-order valence-electron chi connectivity index (χ4n) is 4.07. The van der Waals surface area contributed by atoms with Gasteiger partial charge in [0.05, 0.1) is 24.1 Å². The van der Waals surface area contributed by atoms with Gasteiger partial charge in [-0.1, -0.05) is 47.5 Å². The largest absolute Gasteiger partial charge is 0.293 e. The van der Waals surface area contributed by atoms with Gasteiger partial charge < -0.3 is 0 Å². The molecule has 2 heterocycles. The molecule has 0 aliphatic heterocycles. The molecule has 2 aromatic carbocycles. The number of aryl methyl sites for hydroxylation is 3. The van der Waals surface area contributed by atoms with Crippen LogP contribution in [0.3, 0.4) is 0 Å². The Hall–Kier alpha value is -3.21. The zero-order valence-electron chi connectivity index (χ0n) is 17.0. The Morgan fingerprint density at radius 1 is 1.03 bits per heavy atom. The molecule has 1 saturated carbocycles. The van der Waals surface area contributed by atoms with E-state index in [2.05, 4.69) is 50.1 Å². The molecule has 1 fully saturated rings. The first kappa shape index (κ1) is 17.9. The normalized spacial score (nSPS) is 13.9. The number of fused-ring (bicyclic) bond motifs is 1. The molecule has 0 radical (unpaired) electrons. The first-order valence-electron chi connectivity index (χ1n) is 10.1. The van der Waals surface area contributed by atoms with Crippen molar-refractivity contribution in [2.75, 3.05) is 0 Å². The number of rotatable bonds is 4. The molecular weight excluding hydrogens is 360 g/mol. The number of hydrogen-bond donors (Lipinski definition) is 0. The molecule has 0 saturated heterocycles. The van der Waals surface area contributed by atoms with Gasteiger partial charge in [0.2, 0.25) is 0 Å². The second-order valence-corrected chi connectivity index (χ2v) is 8.22. The molecule has 0 N–H and O–H groups in total. The average molecular weight is 384 g/mol. The van der Waals surface area contributed by atoms with Crippen LogP contribution in [-0.4, -0.2) is 19.6 Å². The highest BCUT2D eigenvalue weighted by Gasteiger charge is 2.30. The van der Waals surface area contributed by atoms with Crippen molar-refractivity contribution < 1.29 is 0 Å². The second-order valence-electron chi connectivity index (χ2n) is 8.22. The fraction of sp³-hybridized carbons (Fsp3) is 0.292. The van der Waals surface area contributed by atoms with E-state index in [1.165, 1.54) is 11.1 Å². The van der Waals surface area contributed by atoms with Gasteiger partial charge in [-0.2, -0.15) is 10.2 Å². The Morgan fingerprint density at radius 2 is 1.83 bits per heavy atom. The molecule has 0 atom stereocenters. The van der Waals surface area contributed by atoms with E-state index in [1.807, 2.05) is 24.4 Å². The summed E-state index contributed by atoms with van der Waals surface area (Å²) < 4.78 is 3.42. The van der Waals surface area contributed by atoms with E-state index in [4.69, 9.17) is 5.10 Å². The highest BCUT2D eigenvalue weighted by atomic mass is 16.1. The van der Waals surface area contributed by atoms with Crippen molar-refractivity contribution in [2.45, 2.75) is 46.1 Å². The van der Waals surface area contributed by atoms with Crippen molar-refractivity contribution in [1.29, 1.82) is 0 Å². The Morgan fingerprint density at radius 3 is 2.55 bits per heavy atom. The SMILES string of the molecule is Cc1cccc(Cn2nc(C3CC3)c3cnn(-c4ccc(C)cc4C)c3c2=O)c1. The molecule has 5 heteroatoms. The summed E-state index contributed by atoms with van der Waals surface area (Å²) >= 11 is 0. The predicted molar refractivity (Wildman–Crippen MR) is 115 cm³/mol. The van der Waals surface area contributed by atoms with Gasteiger partial charge in [0, 0.05) is 11.3 Å². The summed E-state index contributed by atoms with van der Waals surface area (Å²) in [7, 11) is 0. The summed E-state index contributed by atoms with van der Waals surface area (Å²) in [5.74, 6) is 0.429. The van der Waals surface area contributed by atoms with E-state index in [9.17, 15) is 4.79 Å². The molecule has 146 valence electrons. The van der Waals surface area contributed by atoms with Crippen molar-refractivity contribution in [1.82, 2.24) is 19.6 Å². The summed E-state index contributed by atoms with van der Waals surface area (Å²) in [6.07, 6.45) is 4.06. The topological polar surface area (TPSA) is 52.7 Å². The molecule has 0 spiro atoms. The third-order valence-corrected chi connectivity index (χ3v) is 5.67. The van der Waals surface area contributed by atoms with Crippen LogP contribution in [0.4, 0.5) is 0 Å². The van der Waals surface area contributed by atoms with E-state index >= 15 is 0 Å². The number of benzene rings is 2. The molecule has 0 amide bonds. The van der Waals surface area contributed by atoms with Crippen LogP contribution >= 0.6 is 0 Å². The maximum absolute atomic E-state index is 13.5. The highest BCUT2D eigenvalue weighted by Crippen LogP contribution is 2.41. The lowest BCUT2D eigenvalue weighted by Crippen LogP contribution is -2.26. The van der Waals surface area contributed by atoms with Gasteiger partial charge in [0.1, 0.15) is 5.52 Å². The average Bonchev–Trinajstić information content (AvgIpc) is 3.43. The van der Waals surface area contributed by atoms with Gasteiger partial charge in [-0.15, -0.1) is 0 Å². The van der Waals surface area contributed by atoms with Crippen LogP contribution < -0.4 is 5.56 Å². The quantitative estimate of drug-likeness (QED) is 0.523. The van der Waals surface area contributed by atoms with Crippen molar-refractivity contribution in [3.63, 3.8) is 0 Å². The van der Waals surface area contributed by atoms with Crippen molar-refractivity contribution in [2.24, 2.45) is 0 Å². The van der Waals surface area contributed by atoms with Gasteiger partial charge >= 0.3 is 0 Å². The van der Waals surface area contributed by atoms with Crippen LogP contribution in [0.15, 0.2) is 53.5 Å². The van der Waals surface area contributed by atoms with Gasteiger partial charge in [-0.3, -0.25) is 4.79 Å². The predicted octanol–water partition coefficient (Wildman–Crippen LogP) is 4.43. The smallest absolute Gasteiger partial charge is 0.265 e. The van der Waals surface area contributed by atoms with E-state index in [0.29, 0.717) is 18.0 Å². The lowest BCUT2D eigenvalue weighted by molar-refractivity contribution is 0.626. The summed E-state index contributed by atoms with van der Waals surface area (Å²) in [6, 6.07) is 14.5. The number of hydrogen-bond acceptors (Lipinski definition) is 3. The molecule has 29 heavy (non-hydrogen) atoms. The highest BCUT2D eigenvalue weighted by molar-refractivity contribution is 5.82. The zero-order valence-corrected chi connectivity index (χ0v) is 17.0. The zero-order chi connectivity index (χ0) is 20.1. The molecule has 0 bridgehead atoms. The van der Waals surface area contributed by atoms with Crippen LogP contribution in [0.25, 0.3) is 16.6 Å². The Kier molecular flexibility index (Phi) is 4.12. The first-order valence-corrected chi connectivity index (χ1v) is 10.1. The summed E-state index contributed by atoms with van der Waals surface area (Å²) in [5.41, 5.74) is 7.04. The van der Waals surface area contributed by atoms with E-state index in [0.717, 1.165) is 40.7 Å². The van der Waals surface area contributed by atoms with Crippen LogP contribution in [0, 0.1) is 20.8 Å². The van der Waals surface area contributed by atoms with Gasteiger partial charge in [-0.25, -0.2) is 9.36 Å². The molecule has 1 aliphatic rings. The minimum absolute atomic E-state index is 0.0941. The lowest BCUT2D eigenvalue weighted by Gasteiger charge is -2.12. The third kappa shape index (κ3) is 3.16. The Labute approximate surface area is 169 Å². The summed E-state index contributed by atoms with van der Waals surface area (Å²) in [4.78, 5) is 13.5. The van der Waals surface area contributed by atoms with Crippen molar-refractivity contribution in [3.05, 3.63) is 87.0 Å². The van der Waals surface area contributed by atoms with E-state index in [1.54, 1.807) is 9.36 Å². The van der Waals surface area contributed by atoms with Crippen LogP contribution in [0.5, 0.6) is 0 Å². The van der Waals surface area contributed by atoms with Gasteiger partial charge in [0.25, 0.3) is 5.56 Å². The Balaban J connectivity index is 1.73. The number of aromatic nitrogens is 4. The minimum Gasteiger partial charge on any atom is -0.265 e. The maximum Gasteiger partial charge on any atom is 0.293 e. The molecular formula is C24H24N4O. The van der Waals surface area contributed by atoms with E-state index < -0.39 is 0 Å². The summed E-state index contributed by atoms with van der Waals surface area (Å²) in [5, 5.41) is 10.3. The van der Waals surface area contributed by atoms with Gasteiger partial charge in [0.15, 0.2) is 0 Å². The maximum atomic E-state index is 13.5. The standard InChI is InChI=1S/C24H24N4O/c1-15-5-4-6-18(12-15)14-27-24(29)23-20(22(26-27)19-8-9-19)13-25-28(23)21-10-7-16(2)11-17(21)3/h4-7,10-13,19H,8-9,14H2,1-3H3.